The minimum atomic E-state index is -0.537. The van der Waals surface area contributed by atoms with Crippen LogP contribution in [0.2, 0.25) is 0 Å². The van der Waals surface area contributed by atoms with Crippen LogP contribution in [0.25, 0.3) is 10.9 Å². The van der Waals surface area contributed by atoms with Gasteiger partial charge in [-0.3, -0.25) is 9.69 Å². The lowest BCUT2D eigenvalue weighted by Crippen LogP contribution is -2.41. The van der Waals surface area contributed by atoms with Crippen LogP contribution in [-0.2, 0) is 6.54 Å². The van der Waals surface area contributed by atoms with Crippen LogP contribution in [0, 0.1) is 12.8 Å². The van der Waals surface area contributed by atoms with E-state index in [0.29, 0.717) is 11.5 Å². The molecule has 33 heavy (non-hydrogen) atoms. The highest BCUT2D eigenvalue weighted by molar-refractivity contribution is 6.06. The molecule has 6 heteroatoms. The summed E-state index contributed by atoms with van der Waals surface area (Å²) in [6.07, 6.45) is 4.12. The number of benzene rings is 2. The quantitative estimate of drug-likeness (QED) is 0.483. The van der Waals surface area contributed by atoms with Crippen LogP contribution < -0.4 is 10.1 Å². The zero-order chi connectivity index (χ0) is 23.0. The smallest absolute Gasteiger partial charge is 0.255 e. The molecule has 2 aliphatic rings. The van der Waals surface area contributed by atoms with Crippen LogP contribution in [0.4, 0.5) is 5.69 Å². The van der Waals surface area contributed by atoms with Gasteiger partial charge in [0.2, 0.25) is 0 Å². The van der Waals surface area contributed by atoms with Crippen LogP contribution in [0.15, 0.2) is 42.5 Å². The number of nitrogens with zero attached hydrogens (tertiary/aromatic N) is 1. The molecule has 0 atom stereocenters. The van der Waals surface area contributed by atoms with Crippen molar-refractivity contribution in [2.24, 2.45) is 5.92 Å². The molecule has 2 aromatic carbocycles. The van der Waals surface area contributed by atoms with Gasteiger partial charge in [0.25, 0.3) is 5.91 Å². The number of aryl methyl sites for hydroxylation is 1. The minimum absolute atomic E-state index is 0.127. The average molecular weight is 448 g/mol. The summed E-state index contributed by atoms with van der Waals surface area (Å²) in [6.45, 7) is 7.34. The molecule has 0 unspecified atom stereocenters. The number of rotatable bonds is 7. The van der Waals surface area contributed by atoms with Crippen molar-refractivity contribution in [1.29, 1.82) is 0 Å². The summed E-state index contributed by atoms with van der Waals surface area (Å²) in [7, 11) is 0. The van der Waals surface area contributed by atoms with Crippen LogP contribution in [0.1, 0.15) is 54.2 Å². The fourth-order valence-corrected chi connectivity index (χ4v) is 4.45. The second-order valence-corrected chi connectivity index (χ2v) is 10.0. The van der Waals surface area contributed by atoms with Gasteiger partial charge in [-0.2, -0.15) is 0 Å². The highest BCUT2D eigenvalue weighted by Crippen LogP contribution is 2.30. The van der Waals surface area contributed by atoms with E-state index >= 15 is 0 Å². The van der Waals surface area contributed by atoms with Crippen LogP contribution in [-0.4, -0.2) is 46.2 Å². The van der Waals surface area contributed by atoms with E-state index in [-0.39, 0.29) is 5.91 Å². The molecule has 1 aromatic heterocycles. The standard InChI is InChI=1S/C27H33N3O3/c1-18-24(29-26(31)20-5-8-23(9-6-20)33-17-19-3-4-19)10-7-21-15-22(28-25(18)21)16-30-13-11-27(2,32)12-14-30/h5-10,15,19,28,32H,3-4,11-14,16-17H2,1-2H3,(H,29,31). The second kappa shape index (κ2) is 8.84. The van der Waals surface area contributed by atoms with Crippen molar-refractivity contribution in [3.63, 3.8) is 0 Å². The molecule has 1 amide bonds. The highest BCUT2D eigenvalue weighted by Gasteiger charge is 2.27. The Balaban J connectivity index is 1.24. The number of H-pyrrole nitrogens is 1. The van der Waals surface area contributed by atoms with E-state index in [1.165, 1.54) is 12.8 Å². The maximum Gasteiger partial charge on any atom is 0.255 e. The van der Waals surface area contributed by atoms with Crippen LogP contribution >= 0.6 is 0 Å². The molecule has 1 aliphatic carbocycles. The lowest BCUT2D eigenvalue weighted by atomic mass is 9.94. The highest BCUT2D eigenvalue weighted by atomic mass is 16.5. The number of carbonyl (C=O) groups excluding carboxylic acids is 1. The maximum absolute atomic E-state index is 12.8. The molecule has 174 valence electrons. The Bertz CT molecular complexity index is 1140. The first-order valence-corrected chi connectivity index (χ1v) is 12.0. The van der Waals surface area contributed by atoms with Crippen molar-refractivity contribution in [2.75, 3.05) is 25.0 Å². The van der Waals surface area contributed by atoms with E-state index < -0.39 is 5.60 Å². The average Bonchev–Trinajstić information content (AvgIpc) is 3.54. The van der Waals surface area contributed by atoms with Gasteiger partial charge in [0.15, 0.2) is 0 Å². The topological polar surface area (TPSA) is 77.6 Å². The fraction of sp³-hybridized carbons (Fsp3) is 0.444. The zero-order valence-corrected chi connectivity index (χ0v) is 19.5. The summed E-state index contributed by atoms with van der Waals surface area (Å²) < 4.78 is 5.77. The Labute approximate surface area is 194 Å². The third-order valence-corrected chi connectivity index (χ3v) is 6.99. The van der Waals surface area contributed by atoms with Crippen molar-refractivity contribution in [2.45, 2.75) is 51.7 Å². The van der Waals surface area contributed by atoms with Crippen LogP contribution in [0.3, 0.4) is 0 Å². The van der Waals surface area contributed by atoms with E-state index in [0.717, 1.165) is 72.7 Å². The molecule has 0 bridgehead atoms. The van der Waals surface area contributed by atoms with E-state index in [1.54, 1.807) is 0 Å². The number of ether oxygens (including phenoxy) is 1. The Kier molecular flexibility index (Phi) is 5.89. The van der Waals surface area contributed by atoms with Gasteiger partial charge in [-0.1, -0.05) is 6.07 Å². The minimum Gasteiger partial charge on any atom is -0.493 e. The van der Waals surface area contributed by atoms with Crippen molar-refractivity contribution in [3.8, 4) is 5.75 Å². The lowest BCUT2D eigenvalue weighted by Gasteiger charge is -2.35. The number of aliphatic hydroxyl groups is 1. The Morgan fingerprint density at radius 3 is 2.61 bits per heavy atom. The Hall–Kier alpha value is -2.83. The summed E-state index contributed by atoms with van der Waals surface area (Å²) in [5, 5.41) is 14.4. The predicted octanol–water partition coefficient (Wildman–Crippen LogP) is 4.86. The SMILES string of the molecule is Cc1c(NC(=O)c2ccc(OCC3CC3)cc2)ccc2cc(CN3CCC(C)(O)CC3)[nH]c12. The number of fused-ring (bicyclic) bond motifs is 1. The molecule has 1 aliphatic heterocycles. The number of hydrogen-bond acceptors (Lipinski definition) is 4. The number of piperidine rings is 1. The fourth-order valence-electron chi connectivity index (χ4n) is 4.45. The van der Waals surface area contributed by atoms with E-state index in [4.69, 9.17) is 4.74 Å². The van der Waals surface area contributed by atoms with Crippen molar-refractivity contribution < 1.29 is 14.6 Å². The van der Waals surface area contributed by atoms with Crippen molar-refractivity contribution >= 4 is 22.5 Å². The monoisotopic (exact) mass is 447 g/mol. The number of anilines is 1. The van der Waals surface area contributed by atoms with Gasteiger partial charge in [0.1, 0.15) is 5.75 Å². The van der Waals surface area contributed by atoms with Gasteiger partial charge < -0.3 is 20.1 Å². The summed E-state index contributed by atoms with van der Waals surface area (Å²) in [4.78, 5) is 18.7. The summed E-state index contributed by atoms with van der Waals surface area (Å²) in [5.41, 5.74) is 4.11. The van der Waals surface area contributed by atoms with Crippen molar-refractivity contribution in [3.05, 3.63) is 59.3 Å². The number of aromatic amines is 1. The lowest BCUT2D eigenvalue weighted by molar-refractivity contribution is -0.00753. The number of amides is 1. The molecule has 3 N–H and O–H groups in total. The predicted molar refractivity (Wildman–Crippen MR) is 131 cm³/mol. The molecule has 5 rings (SSSR count). The first-order chi connectivity index (χ1) is 15.9. The third kappa shape index (κ3) is 5.23. The Morgan fingerprint density at radius 1 is 1.18 bits per heavy atom. The van der Waals surface area contributed by atoms with Gasteiger partial charge in [-0.05, 0) is 87.4 Å². The molecule has 0 spiro atoms. The zero-order valence-electron chi connectivity index (χ0n) is 19.5. The first-order valence-electron chi connectivity index (χ1n) is 12.0. The molecule has 3 aromatic rings. The summed E-state index contributed by atoms with van der Waals surface area (Å²) in [5.74, 6) is 1.39. The van der Waals surface area contributed by atoms with E-state index in [1.807, 2.05) is 50.2 Å². The number of hydrogen-bond donors (Lipinski definition) is 3. The summed E-state index contributed by atoms with van der Waals surface area (Å²) >= 11 is 0. The normalized spacial score (nSPS) is 18.4. The van der Waals surface area contributed by atoms with Crippen molar-refractivity contribution in [1.82, 2.24) is 9.88 Å². The van der Waals surface area contributed by atoms with Gasteiger partial charge in [0, 0.05) is 42.0 Å². The third-order valence-electron chi connectivity index (χ3n) is 6.99. The molecule has 1 saturated carbocycles. The largest absolute Gasteiger partial charge is 0.493 e. The molecular formula is C27H33N3O3. The number of carbonyl (C=O) groups is 1. The second-order valence-electron chi connectivity index (χ2n) is 10.0. The number of nitrogens with one attached hydrogen (secondary N) is 2. The van der Waals surface area contributed by atoms with Gasteiger partial charge in [-0.15, -0.1) is 0 Å². The van der Waals surface area contributed by atoms with Gasteiger partial charge >= 0.3 is 0 Å². The van der Waals surface area contributed by atoms with Gasteiger partial charge in [-0.25, -0.2) is 0 Å². The maximum atomic E-state index is 12.8. The number of likely N-dealkylation sites (tertiary alicyclic amines) is 1. The van der Waals surface area contributed by atoms with E-state index in [9.17, 15) is 9.90 Å². The number of aromatic nitrogens is 1. The Morgan fingerprint density at radius 2 is 1.91 bits per heavy atom. The molecular weight excluding hydrogens is 414 g/mol. The summed E-state index contributed by atoms with van der Waals surface area (Å²) in [6, 6.07) is 13.6. The molecule has 1 saturated heterocycles. The van der Waals surface area contributed by atoms with Crippen LogP contribution in [0.5, 0.6) is 5.75 Å². The molecule has 6 nitrogen and oxygen atoms in total. The van der Waals surface area contributed by atoms with E-state index in [2.05, 4.69) is 21.3 Å². The molecule has 2 heterocycles. The molecule has 2 fully saturated rings. The molecule has 0 radical (unpaired) electrons. The van der Waals surface area contributed by atoms with Gasteiger partial charge in [0.05, 0.1) is 17.7 Å². The first kappa shape index (κ1) is 22.0.